The first kappa shape index (κ1) is 16.3. The van der Waals surface area contributed by atoms with Crippen LogP contribution in [-0.2, 0) is 13.0 Å². The van der Waals surface area contributed by atoms with Crippen molar-refractivity contribution in [3.8, 4) is 6.07 Å². The normalized spacial score (nSPS) is 15.6. The highest BCUT2D eigenvalue weighted by atomic mass is 32.1. The summed E-state index contributed by atoms with van der Waals surface area (Å²) in [6.45, 7) is 0.539. The van der Waals surface area contributed by atoms with E-state index in [9.17, 15) is 4.79 Å². The number of hydrogen-bond acceptors (Lipinski definition) is 5. The maximum absolute atomic E-state index is 12.9. The van der Waals surface area contributed by atoms with E-state index in [0.29, 0.717) is 18.5 Å². The van der Waals surface area contributed by atoms with E-state index < -0.39 is 0 Å². The minimum Gasteiger partial charge on any atom is -0.360 e. The molecule has 128 valence electrons. The van der Waals surface area contributed by atoms with Gasteiger partial charge in [0.25, 0.3) is 5.91 Å². The fourth-order valence-electron chi connectivity index (χ4n) is 3.08. The van der Waals surface area contributed by atoms with Crippen LogP contribution in [0.2, 0.25) is 0 Å². The molecule has 3 aromatic rings. The zero-order valence-corrected chi connectivity index (χ0v) is 14.7. The van der Waals surface area contributed by atoms with Crippen LogP contribution in [0.3, 0.4) is 0 Å². The van der Waals surface area contributed by atoms with Crippen molar-refractivity contribution in [3.05, 3.63) is 81.8 Å². The minimum atomic E-state index is -0.317. The lowest BCUT2D eigenvalue weighted by Gasteiger charge is -2.26. The Bertz CT molecular complexity index is 960. The molecular weight excluding hydrogens is 344 g/mol. The van der Waals surface area contributed by atoms with Crippen molar-refractivity contribution in [1.82, 2.24) is 9.88 Å². The van der Waals surface area contributed by atoms with Crippen LogP contribution in [0, 0.1) is 11.3 Å². The molecule has 5 nitrogen and oxygen atoms in total. The number of nitrogens with one attached hydrogen (secondary N) is 1. The molecule has 0 saturated heterocycles. The summed E-state index contributed by atoms with van der Waals surface area (Å²) in [4.78, 5) is 20.3. The smallest absolute Gasteiger partial charge is 0.258 e. The topological polar surface area (TPSA) is 69.0 Å². The number of anilines is 1. The van der Waals surface area contributed by atoms with Crippen molar-refractivity contribution in [2.45, 2.75) is 19.1 Å². The van der Waals surface area contributed by atoms with Gasteiger partial charge < -0.3 is 10.2 Å². The predicted molar refractivity (Wildman–Crippen MR) is 101 cm³/mol. The summed E-state index contributed by atoms with van der Waals surface area (Å²) >= 11 is 1.63. The average molecular weight is 360 g/mol. The predicted octanol–water partition coefficient (Wildman–Crippen LogP) is 3.98. The van der Waals surface area contributed by atoms with Gasteiger partial charge in [-0.15, -0.1) is 11.3 Å². The third kappa shape index (κ3) is 3.05. The Balaban J connectivity index is 1.63. The molecule has 3 heterocycles. The van der Waals surface area contributed by atoms with Gasteiger partial charge in [0, 0.05) is 16.8 Å². The lowest BCUT2D eigenvalue weighted by atomic mass is 10.1. The molecule has 4 rings (SSSR count). The number of amides is 1. The quantitative estimate of drug-likeness (QED) is 0.747. The largest absolute Gasteiger partial charge is 0.360 e. The van der Waals surface area contributed by atoms with Gasteiger partial charge >= 0.3 is 0 Å². The monoisotopic (exact) mass is 360 g/mol. The van der Waals surface area contributed by atoms with Crippen LogP contribution in [0.4, 0.5) is 5.69 Å². The first-order valence-electron chi connectivity index (χ1n) is 8.27. The molecule has 1 aliphatic rings. The fourth-order valence-corrected chi connectivity index (χ4v) is 3.79. The van der Waals surface area contributed by atoms with Crippen molar-refractivity contribution >= 4 is 22.9 Å². The molecule has 0 radical (unpaired) electrons. The summed E-state index contributed by atoms with van der Waals surface area (Å²) in [5.41, 5.74) is 3.24. The number of carbonyl (C=O) groups is 1. The van der Waals surface area contributed by atoms with E-state index in [4.69, 9.17) is 5.26 Å². The Morgan fingerprint density at radius 3 is 2.77 bits per heavy atom. The fraction of sp³-hybridized carbons (Fsp3) is 0.150. The van der Waals surface area contributed by atoms with E-state index in [1.54, 1.807) is 23.6 Å². The van der Waals surface area contributed by atoms with Crippen LogP contribution in [0.15, 0.2) is 60.1 Å². The second kappa shape index (κ2) is 6.98. The minimum absolute atomic E-state index is 0.0138. The number of fused-ring (bicyclic) bond motifs is 1. The highest BCUT2D eigenvalue weighted by molar-refractivity contribution is 7.09. The number of nitriles is 1. The van der Waals surface area contributed by atoms with Gasteiger partial charge in [0.05, 0.1) is 30.3 Å². The van der Waals surface area contributed by atoms with E-state index in [-0.39, 0.29) is 12.1 Å². The Labute approximate surface area is 155 Å². The summed E-state index contributed by atoms with van der Waals surface area (Å²) in [5, 5.41) is 14.2. The van der Waals surface area contributed by atoms with E-state index in [1.807, 2.05) is 52.7 Å². The highest BCUT2D eigenvalue weighted by Gasteiger charge is 2.37. The second-order valence-corrected chi connectivity index (χ2v) is 7.06. The number of rotatable bonds is 5. The number of hydrogen-bond donors (Lipinski definition) is 1. The molecule has 0 unspecified atom stereocenters. The second-order valence-electron chi connectivity index (χ2n) is 6.03. The molecule has 6 heteroatoms. The average Bonchev–Trinajstić information content (AvgIpc) is 3.27. The SMILES string of the molecule is N#CCc1ccc(N[C@@H]2c3ncccc3C(=O)N2Cc2cccs2)cc1. The Hall–Kier alpha value is -3.17. The summed E-state index contributed by atoms with van der Waals surface area (Å²) in [7, 11) is 0. The third-order valence-electron chi connectivity index (χ3n) is 4.35. The first-order valence-corrected chi connectivity index (χ1v) is 9.15. The van der Waals surface area contributed by atoms with Gasteiger partial charge in [-0.05, 0) is 41.3 Å². The van der Waals surface area contributed by atoms with Crippen molar-refractivity contribution in [1.29, 1.82) is 5.26 Å². The maximum Gasteiger partial charge on any atom is 0.258 e. The van der Waals surface area contributed by atoms with E-state index >= 15 is 0 Å². The van der Waals surface area contributed by atoms with Crippen molar-refractivity contribution in [3.63, 3.8) is 0 Å². The van der Waals surface area contributed by atoms with E-state index in [1.165, 1.54) is 0 Å². The number of aromatic nitrogens is 1. The summed E-state index contributed by atoms with van der Waals surface area (Å²) in [6, 6.07) is 17.5. The molecule has 0 fully saturated rings. The Morgan fingerprint density at radius 1 is 1.19 bits per heavy atom. The molecule has 1 amide bonds. The standard InChI is InChI=1S/C20H16N4OS/c21-10-9-14-5-7-15(8-6-14)23-19-18-17(4-1-11-22-18)20(25)24(19)13-16-3-2-12-26-16/h1-8,11-12,19,23H,9,13H2/t19-/m0/s1. The number of carbonyl (C=O) groups excluding carboxylic acids is 1. The van der Waals surface area contributed by atoms with Crippen molar-refractivity contribution in [2.75, 3.05) is 5.32 Å². The van der Waals surface area contributed by atoms with Crippen LogP contribution >= 0.6 is 11.3 Å². The molecule has 0 saturated carbocycles. The maximum atomic E-state index is 12.9. The first-order chi connectivity index (χ1) is 12.8. The van der Waals surface area contributed by atoms with Crippen molar-refractivity contribution in [2.24, 2.45) is 0 Å². The van der Waals surface area contributed by atoms with Crippen LogP contribution in [0.1, 0.15) is 32.7 Å². The molecule has 1 aliphatic heterocycles. The van der Waals surface area contributed by atoms with Crippen LogP contribution < -0.4 is 5.32 Å². The molecule has 1 atom stereocenters. The number of pyridine rings is 1. The van der Waals surface area contributed by atoms with Gasteiger partial charge in [-0.2, -0.15) is 5.26 Å². The summed E-state index contributed by atoms with van der Waals surface area (Å²) < 4.78 is 0. The third-order valence-corrected chi connectivity index (χ3v) is 5.21. The molecule has 26 heavy (non-hydrogen) atoms. The van der Waals surface area contributed by atoms with Gasteiger partial charge in [0.2, 0.25) is 0 Å². The van der Waals surface area contributed by atoms with Gasteiger partial charge in [-0.1, -0.05) is 18.2 Å². The lowest BCUT2D eigenvalue weighted by molar-refractivity contribution is 0.0729. The molecule has 1 aromatic carbocycles. The molecule has 1 N–H and O–H groups in total. The Morgan fingerprint density at radius 2 is 2.04 bits per heavy atom. The van der Waals surface area contributed by atoms with Gasteiger partial charge in [0.1, 0.15) is 6.17 Å². The van der Waals surface area contributed by atoms with Crippen LogP contribution in [0.5, 0.6) is 0 Å². The lowest BCUT2D eigenvalue weighted by Crippen LogP contribution is -2.31. The zero-order valence-electron chi connectivity index (χ0n) is 13.9. The molecule has 0 spiro atoms. The zero-order chi connectivity index (χ0) is 17.9. The summed E-state index contributed by atoms with van der Waals surface area (Å²) in [6.07, 6.45) is 1.78. The number of nitrogens with zero attached hydrogens (tertiary/aromatic N) is 3. The van der Waals surface area contributed by atoms with Crippen LogP contribution in [-0.4, -0.2) is 15.8 Å². The number of benzene rings is 1. The summed E-state index contributed by atoms with van der Waals surface area (Å²) in [5.74, 6) is -0.0138. The molecule has 2 aromatic heterocycles. The molecular formula is C20H16N4OS. The molecule has 0 bridgehead atoms. The molecule has 0 aliphatic carbocycles. The highest BCUT2D eigenvalue weighted by Crippen LogP contribution is 2.34. The number of thiophene rings is 1. The van der Waals surface area contributed by atoms with Crippen molar-refractivity contribution < 1.29 is 4.79 Å². The van der Waals surface area contributed by atoms with E-state index in [0.717, 1.165) is 21.8 Å². The van der Waals surface area contributed by atoms with E-state index in [2.05, 4.69) is 16.4 Å². The Kier molecular flexibility index (Phi) is 4.38. The van der Waals surface area contributed by atoms with Gasteiger partial charge in [-0.25, -0.2) is 0 Å². The van der Waals surface area contributed by atoms with Crippen LogP contribution in [0.25, 0.3) is 0 Å². The van der Waals surface area contributed by atoms with Gasteiger partial charge in [0.15, 0.2) is 0 Å². The van der Waals surface area contributed by atoms with Gasteiger partial charge in [-0.3, -0.25) is 9.78 Å².